The van der Waals surface area contributed by atoms with Gasteiger partial charge in [0.25, 0.3) is 0 Å². The summed E-state index contributed by atoms with van der Waals surface area (Å²) in [4.78, 5) is 1.99. The zero-order chi connectivity index (χ0) is 13.8. The van der Waals surface area contributed by atoms with Crippen molar-refractivity contribution in [1.29, 1.82) is 0 Å². The van der Waals surface area contributed by atoms with Crippen LogP contribution in [0.25, 0.3) is 0 Å². The minimum atomic E-state index is -0.247. The maximum Gasteiger partial charge on any atom is 0.160 e. The molecule has 0 unspecified atom stereocenters. The Morgan fingerprint density at radius 2 is 1.84 bits per heavy atom. The Hall–Kier alpha value is -2.23. The standard InChI is InChI=1S/C15H16FNO2/c1-17(13-6-4-12(16)5-7-13)10-11-3-8-14(18)15(9-11)19-2/h3-9,18H,10H2,1-2H3. The fraction of sp³-hybridized carbons (Fsp3) is 0.200. The molecule has 0 saturated heterocycles. The van der Waals surface area contributed by atoms with Gasteiger partial charge in [0.15, 0.2) is 11.5 Å². The van der Waals surface area contributed by atoms with Gasteiger partial charge < -0.3 is 14.7 Å². The summed E-state index contributed by atoms with van der Waals surface area (Å²) in [5.41, 5.74) is 1.93. The van der Waals surface area contributed by atoms with E-state index in [1.54, 1.807) is 24.3 Å². The highest BCUT2D eigenvalue weighted by Crippen LogP contribution is 2.27. The lowest BCUT2D eigenvalue weighted by Gasteiger charge is -2.19. The SMILES string of the molecule is COc1cc(CN(C)c2ccc(F)cc2)ccc1O. The van der Waals surface area contributed by atoms with Gasteiger partial charge in [-0.1, -0.05) is 6.07 Å². The van der Waals surface area contributed by atoms with E-state index in [-0.39, 0.29) is 11.6 Å². The number of benzene rings is 2. The van der Waals surface area contributed by atoms with Gasteiger partial charge in [-0.2, -0.15) is 0 Å². The second kappa shape index (κ2) is 5.61. The van der Waals surface area contributed by atoms with Crippen LogP contribution in [0, 0.1) is 5.82 Å². The molecule has 0 bridgehead atoms. The average Bonchev–Trinajstić information content (AvgIpc) is 2.41. The normalized spacial score (nSPS) is 10.3. The molecule has 2 rings (SSSR count). The van der Waals surface area contributed by atoms with Crippen LogP contribution in [0.15, 0.2) is 42.5 Å². The molecule has 0 aliphatic carbocycles. The summed E-state index contributed by atoms with van der Waals surface area (Å²) in [6, 6.07) is 11.5. The largest absolute Gasteiger partial charge is 0.504 e. The number of nitrogens with zero attached hydrogens (tertiary/aromatic N) is 1. The number of rotatable bonds is 4. The van der Waals surface area contributed by atoms with Gasteiger partial charge in [0, 0.05) is 19.3 Å². The highest BCUT2D eigenvalue weighted by Gasteiger charge is 2.06. The van der Waals surface area contributed by atoms with E-state index in [0.717, 1.165) is 11.3 Å². The second-order valence-electron chi connectivity index (χ2n) is 4.34. The van der Waals surface area contributed by atoms with E-state index in [4.69, 9.17) is 4.74 Å². The van der Waals surface area contributed by atoms with Gasteiger partial charge in [-0.05, 0) is 42.0 Å². The molecule has 0 aromatic heterocycles. The molecule has 0 spiro atoms. The minimum Gasteiger partial charge on any atom is -0.504 e. The third kappa shape index (κ3) is 3.16. The number of aromatic hydroxyl groups is 1. The summed E-state index contributed by atoms with van der Waals surface area (Å²) in [6.45, 7) is 0.641. The van der Waals surface area contributed by atoms with Crippen molar-refractivity contribution in [3.8, 4) is 11.5 Å². The van der Waals surface area contributed by atoms with Crippen molar-refractivity contribution < 1.29 is 14.2 Å². The number of phenolic OH excluding ortho intramolecular Hbond substituents is 1. The molecule has 0 radical (unpaired) electrons. The van der Waals surface area contributed by atoms with Gasteiger partial charge in [0.2, 0.25) is 0 Å². The number of hydrogen-bond acceptors (Lipinski definition) is 3. The monoisotopic (exact) mass is 261 g/mol. The van der Waals surface area contributed by atoms with E-state index in [9.17, 15) is 9.50 Å². The van der Waals surface area contributed by atoms with Gasteiger partial charge in [0.05, 0.1) is 7.11 Å². The van der Waals surface area contributed by atoms with Crippen molar-refractivity contribution in [3.63, 3.8) is 0 Å². The van der Waals surface area contributed by atoms with Gasteiger partial charge >= 0.3 is 0 Å². The van der Waals surface area contributed by atoms with E-state index in [2.05, 4.69) is 0 Å². The maximum absolute atomic E-state index is 12.9. The molecule has 0 fully saturated rings. The van der Waals surface area contributed by atoms with Crippen molar-refractivity contribution in [3.05, 3.63) is 53.8 Å². The lowest BCUT2D eigenvalue weighted by Crippen LogP contribution is -2.16. The van der Waals surface area contributed by atoms with Crippen molar-refractivity contribution in [1.82, 2.24) is 0 Å². The number of anilines is 1. The van der Waals surface area contributed by atoms with E-state index in [0.29, 0.717) is 12.3 Å². The summed E-state index contributed by atoms with van der Waals surface area (Å²) >= 11 is 0. The van der Waals surface area contributed by atoms with Gasteiger partial charge in [0.1, 0.15) is 5.82 Å². The highest BCUT2D eigenvalue weighted by atomic mass is 19.1. The predicted molar refractivity (Wildman–Crippen MR) is 73.2 cm³/mol. The molecule has 2 aromatic carbocycles. The molecule has 0 saturated carbocycles. The summed E-state index contributed by atoms with van der Waals surface area (Å²) in [7, 11) is 3.44. The lowest BCUT2D eigenvalue weighted by atomic mass is 10.2. The fourth-order valence-electron chi connectivity index (χ4n) is 1.88. The van der Waals surface area contributed by atoms with Crippen LogP contribution in [-0.2, 0) is 6.54 Å². The Bertz CT molecular complexity index is 555. The van der Waals surface area contributed by atoms with Crippen LogP contribution in [0.1, 0.15) is 5.56 Å². The Labute approximate surface area is 111 Å². The van der Waals surface area contributed by atoms with Crippen molar-refractivity contribution in [2.45, 2.75) is 6.54 Å². The molecule has 0 heterocycles. The average molecular weight is 261 g/mol. The first-order chi connectivity index (χ1) is 9.10. The van der Waals surface area contributed by atoms with Gasteiger partial charge in [-0.25, -0.2) is 4.39 Å². The van der Waals surface area contributed by atoms with Crippen LogP contribution in [0.2, 0.25) is 0 Å². The number of hydrogen-bond donors (Lipinski definition) is 1. The van der Waals surface area contributed by atoms with E-state index >= 15 is 0 Å². The first kappa shape index (κ1) is 13.2. The molecule has 0 atom stereocenters. The van der Waals surface area contributed by atoms with Gasteiger partial charge in [-0.3, -0.25) is 0 Å². The van der Waals surface area contributed by atoms with Crippen molar-refractivity contribution >= 4 is 5.69 Å². The number of ether oxygens (including phenoxy) is 1. The molecule has 1 N–H and O–H groups in total. The molecule has 100 valence electrons. The molecule has 2 aromatic rings. The van der Waals surface area contributed by atoms with Crippen LogP contribution in [0.3, 0.4) is 0 Å². The van der Waals surface area contributed by atoms with Gasteiger partial charge in [-0.15, -0.1) is 0 Å². The molecule has 19 heavy (non-hydrogen) atoms. The molecule has 0 amide bonds. The van der Waals surface area contributed by atoms with Crippen molar-refractivity contribution in [2.75, 3.05) is 19.1 Å². The van der Waals surface area contributed by atoms with Crippen molar-refractivity contribution in [2.24, 2.45) is 0 Å². The zero-order valence-electron chi connectivity index (χ0n) is 10.9. The maximum atomic E-state index is 12.9. The van der Waals surface area contributed by atoms with Crippen LogP contribution in [-0.4, -0.2) is 19.3 Å². The molecular weight excluding hydrogens is 245 g/mol. The smallest absolute Gasteiger partial charge is 0.160 e. The summed E-state index contributed by atoms with van der Waals surface area (Å²) in [6.07, 6.45) is 0. The first-order valence-electron chi connectivity index (χ1n) is 5.92. The van der Waals surface area contributed by atoms with E-state index < -0.39 is 0 Å². The highest BCUT2D eigenvalue weighted by molar-refractivity contribution is 5.48. The van der Waals surface area contributed by atoms with Crippen LogP contribution < -0.4 is 9.64 Å². The summed E-state index contributed by atoms with van der Waals surface area (Å²) < 4.78 is 17.9. The zero-order valence-corrected chi connectivity index (χ0v) is 10.9. The topological polar surface area (TPSA) is 32.7 Å². The predicted octanol–water partition coefficient (Wildman–Crippen LogP) is 3.18. The fourth-order valence-corrected chi connectivity index (χ4v) is 1.88. The van der Waals surface area contributed by atoms with E-state index in [1.165, 1.54) is 19.2 Å². The quantitative estimate of drug-likeness (QED) is 0.917. The van der Waals surface area contributed by atoms with E-state index in [1.807, 2.05) is 18.0 Å². The molecule has 3 nitrogen and oxygen atoms in total. The number of phenols is 1. The minimum absolute atomic E-state index is 0.121. The molecule has 0 aliphatic heterocycles. The molecular formula is C15H16FNO2. The van der Waals surface area contributed by atoms with Crippen LogP contribution >= 0.6 is 0 Å². The lowest BCUT2D eigenvalue weighted by molar-refractivity contribution is 0.373. The Kier molecular flexibility index (Phi) is 3.90. The molecule has 4 heteroatoms. The Morgan fingerprint density at radius 3 is 2.47 bits per heavy atom. The first-order valence-corrected chi connectivity index (χ1v) is 5.92. The van der Waals surface area contributed by atoms with Crippen LogP contribution in [0.4, 0.5) is 10.1 Å². The van der Waals surface area contributed by atoms with Crippen LogP contribution in [0.5, 0.6) is 11.5 Å². The third-order valence-electron chi connectivity index (χ3n) is 2.93. The summed E-state index contributed by atoms with van der Waals surface area (Å²) in [5, 5.41) is 9.54. The number of halogens is 1. The number of methoxy groups -OCH3 is 1. The Balaban J connectivity index is 2.14. The third-order valence-corrected chi connectivity index (χ3v) is 2.93. The molecule has 0 aliphatic rings. The Morgan fingerprint density at radius 1 is 1.16 bits per heavy atom. The second-order valence-corrected chi connectivity index (χ2v) is 4.34. The summed E-state index contributed by atoms with van der Waals surface area (Å²) in [5.74, 6) is 0.323.